The van der Waals surface area contributed by atoms with Gasteiger partial charge in [0.05, 0.1) is 46.1 Å². The topological polar surface area (TPSA) is 149 Å². The second kappa shape index (κ2) is 12.5. The number of aliphatic hydroxyl groups is 1. The molecule has 11 nitrogen and oxygen atoms in total. The molecule has 2 rings (SSSR count). The first-order valence-electron chi connectivity index (χ1n) is 8.37. The van der Waals surface area contributed by atoms with Crippen molar-refractivity contribution in [2.75, 3.05) is 72.3 Å². The van der Waals surface area contributed by atoms with Crippen LogP contribution in [0.5, 0.6) is 0 Å². The van der Waals surface area contributed by atoms with E-state index in [2.05, 4.69) is 5.32 Å². The lowest BCUT2D eigenvalue weighted by Gasteiger charge is -2.26. The predicted molar refractivity (Wildman–Crippen MR) is 88.8 cm³/mol. The summed E-state index contributed by atoms with van der Waals surface area (Å²) in [5, 5.41) is 28.0. The second-order valence-corrected chi connectivity index (χ2v) is 5.81. The van der Waals surface area contributed by atoms with E-state index >= 15 is 0 Å². The van der Waals surface area contributed by atoms with Crippen molar-refractivity contribution in [1.82, 2.24) is 15.1 Å². The van der Waals surface area contributed by atoms with Crippen LogP contribution in [0.2, 0.25) is 0 Å². The van der Waals surface area contributed by atoms with Crippen molar-refractivity contribution in [3.63, 3.8) is 0 Å². The van der Waals surface area contributed by atoms with Crippen molar-refractivity contribution >= 4 is 17.8 Å². The molecule has 0 aromatic carbocycles. The van der Waals surface area contributed by atoms with Crippen molar-refractivity contribution in [3.05, 3.63) is 0 Å². The Morgan fingerprint density at radius 2 is 1.35 bits per heavy atom. The fraction of sp³-hybridized carbons (Fsp3) is 0.800. The Kier molecular flexibility index (Phi) is 10.7. The van der Waals surface area contributed by atoms with Gasteiger partial charge in [-0.05, 0) is 0 Å². The smallest absolute Gasteiger partial charge is 0.328 e. The predicted octanol–water partition coefficient (Wildman–Crippen LogP) is -2.72. The summed E-state index contributed by atoms with van der Waals surface area (Å²) in [6.45, 7) is 4.94. The second-order valence-electron chi connectivity index (χ2n) is 5.81. The lowest BCUT2D eigenvalue weighted by molar-refractivity contribution is -0.143. The number of nitrogens with zero attached hydrogens (tertiary/aromatic N) is 2. The van der Waals surface area contributed by atoms with Gasteiger partial charge in [0.1, 0.15) is 6.04 Å². The quantitative estimate of drug-likeness (QED) is 0.369. The molecule has 0 radical (unpaired) electrons. The largest absolute Gasteiger partial charge is 0.480 e. The zero-order valence-corrected chi connectivity index (χ0v) is 14.6. The van der Waals surface area contributed by atoms with Crippen molar-refractivity contribution < 1.29 is 39.2 Å². The maximum Gasteiger partial charge on any atom is 0.328 e. The standard InChI is InChI=1S/C9H16N2O5.C6H11NO3/c12-6-7(9(14)15)10-8(13)5-11-1-3-16-4-2-11;8-6(9)5-7-1-3-10-4-2-7/h7,12H,1-6H2,(H,10,13)(H,14,15);1-5H2,(H,8,9)/t7-;/m0./s1. The molecule has 2 heterocycles. The Labute approximate surface area is 151 Å². The van der Waals surface area contributed by atoms with Gasteiger partial charge < -0.3 is 30.1 Å². The molecule has 1 atom stereocenters. The van der Waals surface area contributed by atoms with Gasteiger partial charge in [0.2, 0.25) is 5.91 Å². The van der Waals surface area contributed by atoms with E-state index in [1.165, 1.54) is 0 Å². The highest BCUT2D eigenvalue weighted by Gasteiger charge is 2.20. The molecule has 0 bridgehead atoms. The first-order chi connectivity index (χ1) is 12.4. The van der Waals surface area contributed by atoms with Crippen LogP contribution >= 0.6 is 0 Å². The fourth-order valence-electron chi connectivity index (χ4n) is 2.34. The summed E-state index contributed by atoms with van der Waals surface area (Å²) in [5.74, 6) is -2.40. The third-order valence-electron chi connectivity index (χ3n) is 3.75. The number of carbonyl (C=O) groups excluding carboxylic acids is 1. The van der Waals surface area contributed by atoms with E-state index in [0.717, 1.165) is 13.1 Å². The molecule has 26 heavy (non-hydrogen) atoms. The number of hydrogen-bond donors (Lipinski definition) is 4. The highest BCUT2D eigenvalue weighted by atomic mass is 16.5. The number of ether oxygens (including phenoxy) is 2. The van der Waals surface area contributed by atoms with E-state index in [4.69, 9.17) is 24.8 Å². The number of nitrogens with one attached hydrogen (secondary N) is 1. The summed E-state index contributed by atoms with van der Waals surface area (Å²) in [6.07, 6.45) is 0. The average Bonchev–Trinajstić information content (AvgIpc) is 2.61. The van der Waals surface area contributed by atoms with E-state index in [-0.39, 0.29) is 13.1 Å². The van der Waals surface area contributed by atoms with Crippen LogP contribution in [0.4, 0.5) is 0 Å². The van der Waals surface area contributed by atoms with Gasteiger partial charge in [-0.1, -0.05) is 0 Å². The van der Waals surface area contributed by atoms with E-state index in [9.17, 15) is 14.4 Å². The number of morpholine rings is 2. The molecule has 0 aromatic rings. The minimum Gasteiger partial charge on any atom is -0.480 e. The van der Waals surface area contributed by atoms with Gasteiger partial charge in [-0.15, -0.1) is 0 Å². The number of aliphatic carboxylic acids is 2. The summed E-state index contributed by atoms with van der Waals surface area (Å²) < 4.78 is 10.2. The van der Waals surface area contributed by atoms with Crippen molar-refractivity contribution in [3.8, 4) is 0 Å². The number of aliphatic hydroxyl groups excluding tert-OH is 1. The van der Waals surface area contributed by atoms with Crippen molar-refractivity contribution in [2.45, 2.75) is 6.04 Å². The minimum absolute atomic E-state index is 0.132. The van der Waals surface area contributed by atoms with Gasteiger partial charge in [-0.3, -0.25) is 19.4 Å². The summed E-state index contributed by atoms with van der Waals surface area (Å²) in [7, 11) is 0. The fourth-order valence-corrected chi connectivity index (χ4v) is 2.34. The van der Waals surface area contributed by atoms with Gasteiger partial charge in [-0.2, -0.15) is 0 Å². The van der Waals surface area contributed by atoms with Crippen LogP contribution in [-0.4, -0.2) is 121 Å². The molecule has 2 aliphatic heterocycles. The summed E-state index contributed by atoms with van der Waals surface area (Å²) in [4.78, 5) is 35.9. The van der Waals surface area contributed by atoms with E-state index < -0.39 is 30.5 Å². The Morgan fingerprint density at radius 3 is 1.73 bits per heavy atom. The zero-order valence-electron chi connectivity index (χ0n) is 14.6. The highest BCUT2D eigenvalue weighted by molar-refractivity contribution is 5.84. The molecule has 1 amide bonds. The average molecular weight is 377 g/mol. The summed E-state index contributed by atoms with van der Waals surface area (Å²) >= 11 is 0. The molecular weight excluding hydrogens is 350 g/mol. The number of carbonyl (C=O) groups is 3. The highest BCUT2D eigenvalue weighted by Crippen LogP contribution is 1.96. The van der Waals surface area contributed by atoms with Crippen LogP contribution in [0.3, 0.4) is 0 Å². The third-order valence-corrected chi connectivity index (χ3v) is 3.75. The Morgan fingerprint density at radius 1 is 0.885 bits per heavy atom. The molecule has 0 aliphatic carbocycles. The molecule has 150 valence electrons. The summed E-state index contributed by atoms with van der Waals surface area (Å²) in [6, 6.07) is -1.23. The third kappa shape index (κ3) is 9.63. The molecule has 0 aromatic heterocycles. The zero-order chi connectivity index (χ0) is 19.4. The lowest BCUT2D eigenvalue weighted by atomic mass is 10.3. The van der Waals surface area contributed by atoms with Gasteiger partial charge >= 0.3 is 11.9 Å². The van der Waals surface area contributed by atoms with Gasteiger partial charge in [0.25, 0.3) is 0 Å². The van der Waals surface area contributed by atoms with E-state index in [1.807, 2.05) is 9.80 Å². The Hall–Kier alpha value is -1.79. The Balaban J connectivity index is 0.000000289. The van der Waals surface area contributed by atoms with E-state index in [0.29, 0.717) is 39.5 Å². The molecule has 0 spiro atoms. The first-order valence-corrected chi connectivity index (χ1v) is 8.37. The van der Waals surface area contributed by atoms with Crippen LogP contribution < -0.4 is 5.32 Å². The first kappa shape index (κ1) is 22.3. The molecule has 0 saturated carbocycles. The molecule has 2 aliphatic rings. The van der Waals surface area contributed by atoms with Crippen LogP contribution in [0.25, 0.3) is 0 Å². The number of hydrogen-bond acceptors (Lipinski definition) is 8. The normalized spacial score (nSPS) is 19.7. The van der Waals surface area contributed by atoms with Gasteiger partial charge in [0, 0.05) is 26.2 Å². The molecule has 0 unspecified atom stereocenters. The monoisotopic (exact) mass is 377 g/mol. The molecule has 2 saturated heterocycles. The molecule has 2 fully saturated rings. The minimum atomic E-state index is -1.24. The number of rotatable bonds is 7. The van der Waals surface area contributed by atoms with Crippen LogP contribution in [0, 0.1) is 0 Å². The van der Waals surface area contributed by atoms with Crippen molar-refractivity contribution in [2.24, 2.45) is 0 Å². The number of carboxylic acids is 2. The SMILES string of the molecule is O=C(CN1CCOCC1)N[C@@H](CO)C(=O)O.O=C(O)CN1CCOCC1. The van der Waals surface area contributed by atoms with Crippen LogP contribution in [0.1, 0.15) is 0 Å². The Bertz CT molecular complexity index is 450. The number of amides is 1. The lowest BCUT2D eigenvalue weighted by Crippen LogP contribution is -2.49. The van der Waals surface area contributed by atoms with Gasteiger partial charge in [-0.25, -0.2) is 4.79 Å². The summed E-state index contributed by atoms with van der Waals surface area (Å²) in [5.41, 5.74) is 0. The van der Waals surface area contributed by atoms with E-state index in [1.54, 1.807) is 0 Å². The van der Waals surface area contributed by atoms with Crippen LogP contribution in [-0.2, 0) is 23.9 Å². The molecule has 4 N–H and O–H groups in total. The number of carboxylic acid groups (broad SMARTS) is 2. The molecule has 11 heteroatoms. The van der Waals surface area contributed by atoms with Crippen molar-refractivity contribution in [1.29, 1.82) is 0 Å². The maximum atomic E-state index is 11.4. The maximum absolute atomic E-state index is 11.4. The molecular formula is C15H27N3O8. The van der Waals surface area contributed by atoms with Gasteiger partial charge in [0.15, 0.2) is 0 Å². The van der Waals surface area contributed by atoms with Crippen LogP contribution in [0.15, 0.2) is 0 Å².